The number of hydrogen-bond donors (Lipinski definition) is 0. The van der Waals surface area contributed by atoms with Gasteiger partial charge in [0.15, 0.2) is 11.5 Å². The largest absolute Gasteiger partial charge is 0.242 e. The van der Waals surface area contributed by atoms with Gasteiger partial charge in [-0.3, -0.25) is 0 Å². The summed E-state index contributed by atoms with van der Waals surface area (Å²) in [7, 11) is 0. The fourth-order valence-corrected chi connectivity index (χ4v) is 2.95. The monoisotopic (exact) mass is 246 g/mol. The zero-order valence-corrected chi connectivity index (χ0v) is 10.8. The average molecular weight is 246 g/mol. The summed E-state index contributed by atoms with van der Waals surface area (Å²) in [5.74, 6) is 0.793. The first kappa shape index (κ1) is 13.0. The molecule has 0 spiro atoms. The Balaban J connectivity index is 2.02. The molecule has 2 rings (SSSR count). The topological polar surface area (TPSA) is 36.7 Å². The van der Waals surface area contributed by atoms with Gasteiger partial charge >= 0.3 is 0 Å². The highest BCUT2D eigenvalue weighted by molar-refractivity contribution is 5.27. The Morgan fingerprint density at radius 3 is 2.67 bits per heavy atom. The highest BCUT2D eigenvalue weighted by Crippen LogP contribution is 2.37. The van der Waals surface area contributed by atoms with Crippen LogP contribution in [-0.4, -0.2) is 4.98 Å². The smallest absolute Gasteiger partial charge is 0.176 e. The quantitative estimate of drug-likeness (QED) is 0.802. The molecule has 0 amide bonds. The van der Waals surface area contributed by atoms with Crippen molar-refractivity contribution in [3.8, 4) is 6.07 Å². The van der Waals surface area contributed by atoms with Crippen molar-refractivity contribution in [2.75, 3.05) is 0 Å². The highest BCUT2D eigenvalue weighted by Gasteiger charge is 2.22. The number of hydrogen-bond acceptors (Lipinski definition) is 2. The number of aromatic nitrogens is 1. The van der Waals surface area contributed by atoms with Crippen molar-refractivity contribution in [1.82, 2.24) is 4.98 Å². The van der Waals surface area contributed by atoms with Gasteiger partial charge in [-0.15, -0.1) is 0 Å². The Morgan fingerprint density at radius 1 is 1.39 bits per heavy atom. The van der Waals surface area contributed by atoms with Gasteiger partial charge in [0.05, 0.1) is 0 Å². The van der Waals surface area contributed by atoms with Crippen molar-refractivity contribution in [2.24, 2.45) is 5.92 Å². The predicted octanol–water partition coefficient (Wildman–Crippen LogP) is 4.17. The molecule has 1 heterocycles. The highest BCUT2D eigenvalue weighted by atomic mass is 19.1. The molecule has 1 fully saturated rings. The summed E-state index contributed by atoms with van der Waals surface area (Å²) in [5, 5.41) is 8.66. The molecule has 1 saturated carbocycles. The molecule has 1 aromatic rings. The van der Waals surface area contributed by atoms with Crippen LogP contribution in [0, 0.1) is 23.1 Å². The van der Waals surface area contributed by atoms with Crippen molar-refractivity contribution in [3.63, 3.8) is 0 Å². The molecule has 18 heavy (non-hydrogen) atoms. The van der Waals surface area contributed by atoms with Gasteiger partial charge in [0.25, 0.3) is 0 Å². The molecule has 0 radical (unpaired) electrons. The van der Waals surface area contributed by atoms with Crippen molar-refractivity contribution in [1.29, 1.82) is 5.26 Å². The normalized spacial score (nSPS) is 23.6. The summed E-state index contributed by atoms with van der Waals surface area (Å²) in [6, 6.07) is 3.26. The third-order valence-electron chi connectivity index (χ3n) is 3.98. The Morgan fingerprint density at radius 2 is 2.11 bits per heavy atom. The molecule has 0 aliphatic heterocycles. The first-order valence-corrected chi connectivity index (χ1v) is 6.80. The Bertz CT molecular complexity index is 442. The van der Waals surface area contributed by atoms with E-state index >= 15 is 0 Å². The number of pyridine rings is 1. The van der Waals surface area contributed by atoms with Crippen molar-refractivity contribution >= 4 is 0 Å². The average Bonchev–Trinajstić information content (AvgIpc) is 2.40. The van der Waals surface area contributed by atoms with Gasteiger partial charge in [-0.05, 0) is 49.1 Å². The lowest BCUT2D eigenvalue weighted by Crippen LogP contribution is -2.13. The Kier molecular flexibility index (Phi) is 4.30. The van der Waals surface area contributed by atoms with Crippen LogP contribution in [-0.2, 0) is 0 Å². The number of rotatable bonds is 3. The second-order valence-corrected chi connectivity index (χ2v) is 5.22. The fraction of sp³-hybridized carbons (Fsp3) is 0.600. The zero-order valence-electron chi connectivity index (χ0n) is 10.8. The number of halogens is 1. The first-order chi connectivity index (χ1) is 8.74. The summed E-state index contributed by atoms with van der Waals surface area (Å²) in [4.78, 5) is 3.89. The summed E-state index contributed by atoms with van der Waals surface area (Å²) in [5.41, 5.74) is 0.861. The van der Waals surface area contributed by atoms with E-state index in [1.165, 1.54) is 31.7 Å². The Hall–Kier alpha value is -1.43. The minimum atomic E-state index is -0.481. The van der Waals surface area contributed by atoms with Crippen LogP contribution < -0.4 is 0 Å². The maximum Gasteiger partial charge on any atom is 0.176 e. The van der Waals surface area contributed by atoms with E-state index in [0.29, 0.717) is 5.92 Å². The van der Waals surface area contributed by atoms with E-state index in [1.54, 1.807) is 12.3 Å². The van der Waals surface area contributed by atoms with Gasteiger partial charge in [0.1, 0.15) is 6.07 Å². The van der Waals surface area contributed by atoms with Crippen molar-refractivity contribution in [2.45, 2.75) is 51.4 Å². The molecule has 0 atom stereocenters. The van der Waals surface area contributed by atoms with E-state index in [4.69, 9.17) is 5.26 Å². The standard InChI is InChI=1S/C15H19FN2/c1-2-3-11-4-6-12(7-5-11)13-8-14(16)15(9-17)18-10-13/h8,10-12H,2-7H2,1H3. The summed E-state index contributed by atoms with van der Waals surface area (Å²) >= 11 is 0. The molecule has 3 heteroatoms. The SMILES string of the molecule is CCCC1CCC(c2cnc(C#N)c(F)c2)CC1. The van der Waals surface area contributed by atoms with Crippen LogP contribution in [0.2, 0.25) is 0 Å². The maximum atomic E-state index is 13.5. The van der Waals surface area contributed by atoms with Crippen LogP contribution in [0.1, 0.15) is 62.6 Å². The van der Waals surface area contributed by atoms with Gasteiger partial charge in [0.2, 0.25) is 0 Å². The second-order valence-electron chi connectivity index (χ2n) is 5.22. The molecule has 1 aromatic heterocycles. The lowest BCUT2D eigenvalue weighted by Gasteiger charge is -2.28. The van der Waals surface area contributed by atoms with E-state index < -0.39 is 5.82 Å². The van der Waals surface area contributed by atoms with Crippen molar-refractivity contribution in [3.05, 3.63) is 29.3 Å². The van der Waals surface area contributed by atoms with Gasteiger partial charge in [-0.2, -0.15) is 5.26 Å². The van der Waals surface area contributed by atoms with Crippen molar-refractivity contribution < 1.29 is 4.39 Å². The summed E-state index contributed by atoms with van der Waals surface area (Å²) in [6.45, 7) is 2.23. The van der Waals surface area contributed by atoms with Gasteiger partial charge in [-0.25, -0.2) is 9.37 Å². The predicted molar refractivity (Wildman–Crippen MR) is 68.5 cm³/mol. The third-order valence-corrected chi connectivity index (χ3v) is 3.98. The molecule has 1 aliphatic rings. The molecular formula is C15H19FN2. The van der Waals surface area contributed by atoms with Crippen LogP contribution in [0.15, 0.2) is 12.3 Å². The molecule has 0 aromatic carbocycles. The molecular weight excluding hydrogens is 227 g/mol. The fourth-order valence-electron chi connectivity index (χ4n) is 2.95. The second kappa shape index (κ2) is 5.95. The van der Waals surface area contributed by atoms with Crippen LogP contribution in [0.3, 0.4) is 0 Å². The van der Waals surface area contributed by atoms with Crippen LogP contribution in [0.4, 0.5) is 4.39 Å². The van der Waals surface area contributed by atoms with Crippen LogP contribution in [0.25, 0.3) is 0 Å². The first-order valence-electron chi connectivity index (χ1n) is 6.80. The molecule has 1 aliphatic carbocycles. The van der Waals surface area contributed by atoms with Gasteiger partial charge < -0.3 is 0 Å². The molecule has 0 bridgehead atoms. The lowest BCUT2D eigenvalue weighted by atomic mass is 9.77. The molecule has 2 nitrogen and oxygen atoms in total. The minimum absolute atomic E-state index is 0.0987. The zero-order chi connectivity index (χ0) is 13.0. The number of nitrogens with zero attached hydrogens (tertiary/aromatic N) is 2. The van der Waals surface area contributed by atoms with E-state index in [-0.39, 0.29) is 5.69 Å². The van der Waals surface area contributed by atoms with E-state index in [1.807, 2.05) is 0 Å². The number of nitriles is 1. The third kappa shape index (κ3) is 2.87. The van der Waals surface area contributed by atoms with E-state index in [2.05, 4.69) is 11.9 Å². The van der Waals surface area contributed by atoms with E-state index in [0.717, 1.165) is 24.3 Å². The van der Waals surface area contributed by atoms with Gasteiger partial charge in [0, 0.05) is 6.20 Å². The van der Waals surface area contributed by atoms with E-state index in [9.17, 15) is 4.39 Å². The van der Waals surface area contributed by atoms with Crippen LogP contribution in [0.5, 0.6) is 0 Å². The van der Waals surface area contributed by atoms with Crippen LogP contribution >= 0.6 is 0 Å². The molecule has 0 saturated heterocycles. The Labute approximate surface area is 108 Å². The maximum absolute atomic E-state index is 13.5. The summed E-state index contributed by atoms with van der Waals surface area (Å²) < 4.78 is 13.5. The minimum Gasteiger partial charge on any atom is -0.242 e. The van der Waals surface area contributed by atoms with Gasteiger partial charge in [-0.1, -0.05) is 19.8 Å². The molecule has 0 unspecified atom stereocenters. The lowest BCUT2D eigenvalue weighted by molar-refractivity contribution is 0.307. The molecule has 96 valence electrons. The summed E-state index contributed by atoms with van der Waals surface area (Å²) in [6.07, 6.45) is 8.96. The molecule has 0 N–H and O–H groups in total.